The van der Waals surface area contributed by atoms with E-state index in [4.69, 9.17) is 0 Å². The summed E-state index contributed by atoms with van der Waals surface area (Å²) < 4.78 is 0. The van der Waals surface area contributed by atoms with E-state index in [1.807, 2.05) is 34.6 Å². The highest BCUT2D eigenvalue weighted by molar-refractivity contribution is 7.09. The number of hydrogen-bond donors (Lipinski definition) is 0. The van der Waals surface area contributed by atoms with Gasteiger partial charge in [0.1, 0.15) is 0 Å². The van der Waals surface area contributed by atoms with Gasteiger partial charge in [-0.25, -0.2) is 4.98 Å². The molecule has 0 saturated heterocycles. The fourth-order valence-electron chi connectivity index (χ4n) is 1.36. The second-order valence-corrected chi connectivity index (χ2v) is 5.16. The first-order valence-corrected chi connectivity index (χ1v) is 8.18. The number of nitrogens with zero attached hydrogens (tertiary/aromatic N) is 1. The van der Waals surface area contributed by atoms with Crippen molar-refractivity contribution in [1.29, 1.82) is 0 Å². The van der Waals surface area contributed by atoms with Crippen LogP contribution in [0, 0.1) is 6.92 Å². The highest BCUT2D eigenvalue weighted by Crippen LogP contribution is 2.14. The van der Waals surface area contributed by atoms with Crippen LogP contribution in [0.2, 0.25) is 0 Å². The zero-order valence-electron chi connectivity index (χ0n) is 14.0. The van der Waals surface area contributed by atoms with Crippen molar-refractivity contribution in [2.45, 2.75) is 68.2 Å². The zero-order valence-corrected chi connectivity index (χ0v) is 14.8. The van der Waals surface area contributed by atoms with E-state index in [1.54, 1.807) is 11.3 Å². The molecule has 0 N–H and O–H groups in total. The minimum absolute atomic E-state index is 1.10. The Kier molecular flexibility index (Phi) is 14.6. The molecule has 0 radical (unpaired) electrons. The van der Waals surface area contributed by atoms with Crippen molar-refractivity contribution in [1.82, 2.24) is 4.98 Å². The molecule has 0 aliphatic rings. The lowest BCUT2D eigenvalue weighted by molar-refractivity contribution is 0.974. The van der Waals surface area contributed by atoms with Crippen LogP contribution in [0.1, 0.15) is 72.0 Å². The van der Waals surface area contributed by atoms with Crippen LogP contribution in [0.3, 0.4) is 0 Å². The molecule has 0 amide bonds. The molecule has 0 bridgehead atoms. The molecule has 2 heteroatoms. The van der Waals surface area contributed by atoms with Crippen LogP contribution in [0.25, 0.3) is 6.08 Å². The number of aryl methyl sites for hydroxylation is 1. The van der Waals surface area contributed by atoms with Crippen molar-refractivity contribution in [3.63, 3.8) is 0 Å². The summed E-state index contributed by atoms with van der Waals surface area (Å²) >= 11 is 1.71. The van der Waals surface area contributed by atoms with Gasteiger partial charge in [-0.1, -0.05) is 44.9 Å². The fourth-order valence-corrected chi connectivity index (χ4v) is 1.93. The van der Waals surface area contributed by atoms with Gasteiger partial charge in [-0.05, 0) is 46.6 Å². The van der Waals surface area contributed by atoms with E-state index < -0.39 is 0 Å². The Balaban J connectivity index is 0. The van der Waals surface area contributed by atoms with Gasteiger partial charge < -0.3 is 0 Å². The van der Waals surface area contributed by atoms with Crippen LogP contribution in [-0.2, 0) is 0 Å². The Hall–Kier alpha value is -0.890. The summed E-state index contributed by atoms with van der Waals surface area (Å²) in [5.74, 6) is 0. The molecular formula is C17H31NS. The molecule has 1 aromatic heterocycles. The van der Waals surface area contributed by atoms with Crippen molar-refractivity contribution in [3.05, 3.63) is 33.3 Å². The zero-order chi connectivity index (χ0) is 15.3. The van der Waals surface area contributed by atoms with Crippen molar-refractivity contribution in [3.8, 4) is 0 Å². The predicted octanol–water partition coefficient (Wildman–Crippen LogP) is 6.65. The summed E-state index contributed by atoms with van der Waals surface area (Å²) in [4.78, 5) is 4.42. The summed E-state index contributed by atoms with van der Waals surface area (Å²) in [5, 5.41) is 3.25. The molecule has 0 aromatic carbocycles. The number of aromatic nitrogens is 1. The Labute approximate surface area is 124 Å². The quantitative estimate of drug-likeness (QED) is 0.563. The first kappa shape index (κ1) is 20.4. The maximum Gasteiger partial charge on any atom is 0.0901 e. The van der Waals surface area contributed by atoms with Gasteiger partial charge in [0.2, 0.25) is 0 Å². The first-order valence-electron chi connectivity index (χ1n) is 7.30. The normalized spacial score (nSPS) is 9.79. The van der Waals surface area contributed by atoms with Crippen molar-refractivity contribution >= 4 is 17.4 Å². The minimum Gasteiger partial charge on any atom is -0.242 e. The van der Waals surface area contributed by atoms with E-state index in [1.165, 1.54) is 11.1 Å². The first-order chi connectivity index (χ1) is 9.08. The third-order valence-corrected chi connectivity index (χ3v) is 2.91. The lowest BCUT2D eigenvalue weighted by Crippen LogP contribution is -1.79. The SMILES string of the molecule is CC.CC.CC(C)=CCC/C(C)=C/c1csc(C)n1. The van der Waals surface area contributed by atoms with Gasteiger partial charge >= 0.3 is 0 Å². The maximum absolute atomic E-state index is 4.42. The van der Waals surface area contributed by atoms with Crippen LogP contribution in [0.5, 0.6) is 0 Å². The van der Waals surface area contributed by atoms with E-state index in [-0.39, 0.29) is 0 Å². The van der Waals surface area contributed by atoms with Crippen molar-refractivity contribution < 1.29 is 0 Å². The second kappa shape index (κ2) is 13.5. The smallest absolute Gasteiger partial charge is 0.0901 e. The Bertz CT molecular complexity index is 368. The molecule has 0 atom stereocenters. The maximum atomic E-state index is 4.42. The summed E-state index contributed by atoms with van der Waals surface area (Å²) in [7, 11) is 0. The van der Waals surface area contributed by atoms with Gasteiger partial charge in [-0.2, -0.15) is 0 Å². The van der Waals surface area contributed by atoms with E-state index in [0.717, 1.165) is 23.5 Å². The Morgan fingerprint density at radius 3 is 2.16 bits per heavy atom. The third-order valence-electron chi connectivity index (χ3n) is 2.12. The Morgan fingerprint density at radius 1 is 1.16 bits per heavy atom. The average Bonchev–Trinajstić information content (AvgIpc) is 2.79. The standard InChI is InChI=1S/C13H19NS.2C2H6/c1-10(2)6-5-7-11(3)8-13-9-15-12(4)14-13;2*1-2/h6,8-9H,5,7H2,1-4H3;2*1-2H3/b11-8+;;. The minimum atomic E-state index is 1.10. The number of hydrogen-bond acceptors (Lipinski definition) is 2. The molecule has 19 heavy (non-hydrogen) atoms. The molecule has 0 aliphatic heterocycles. The van der Waals surface area contributed by atoms with Crippen LogP contribution >= 0.6 is 11.3 Å². The van der Waals surface area contributed by atoms with Crippen LogP contribution in [-0.4, -0.2) is 4.98 Å². The highest BCUT2D eigenvalue weighted by atomic mass is 32.1. The number of rotatable bonds is 4. The monoisotopic (exact) mass is 281 g/mol. The van der Waals surface area contributed by atoms with Crippen molar-refractivity contribution in [2.24, 2.45) is 0 Å². The molecule has 1 nitrogen and oxygen atoms in total. The summed E-state index contributed by atoms with van der Waals surface area (Å²) in [6.07, 6.45) is 6.72. The molecule has 0 unspecified atom stereocenters. The molecule has 1 aromatic rings. The Morgan fingerprint density at radius 2 is 1.74 bits per heavy atom. The van der Waals surface area contributed by atoms with E-state index in [0.29, 0.717) is 0 Å². The molecule has 110 valence electrons. The number of allylic oxidation sites excluding steroid dienone is 3. The summed E-state index contributed by atoms with van der Waals surface area (Å²) in [5.41, 5.74) is 3.90. The van der Waals surface area contributed by atoms with Gasteiger partial charge in [0.25, 0.3) is 0 Å². The van der Waals surface area contributed by atoms with Gasteiger partial charge in [-0.3, -0.25) is 0 Å². The van der Waals surface area contributed by atoms with Crippen LogP contribution < -0.4 is 0 Å². The largest absolute Gasteiger partial charge is 0.242 e. The van der Waals surface area contributed by atoms with Crippen molar-refractivity contribution in [2.75, 3.05) is 0 Å². The third kappa shape index (κ3) is 11.9. The molecule has 1 heterocycles. The average molecular weight is 282 g/mol. The van der Waals surface area contributed by atoms with Gasteiger partial charge in [0.15, 0.2) is 0 Å². The van der Waals surface area contributed by atoms with Crippen LogP contribution in [0.15, 0.2) is 22.6 Å². The highest BCUT2D eigenvalue weighted by Gasteiger charge is 1.95. The molecule has 0 fully saturated rings. The molecular weight excluding hydrogens is 250 g/mol. The molecule has 0 saturated carbocycles. The molecule has 0 aliphatic carbocycles. The second-order valence-electron chi connectivity index (χ2n) is 4.10. The lowest BCUT2D eigenvalue weighted by atomic mass is 10.1. The van der Waals surface area contributed by atoms with Gasteiger partial charge in [0, 0.05) is 5.38 Å². The summed E-state index contributed by atoms with van der Waals surface area (Å²) in [6.45, 7) is 16.5. The van der Waals surface area contributed by atoms with E-state index in [9.17, 15) is 0 Å². The van der Waals surface area contributed by atoms with E-state index >= 15 is 0 Å². The van der Waals surface area contributed by atoms with Gasteiger partial charge in [-0.15, -0.1) is 11.3 Å². The van der Waals surface area contributed by atoms with Crippen LogP contribution in [0.4, 0.5) is 0 Å². The molecule has 1 rings (SSSR count). The topological polar surface area (TPSA) is 12.9 Å². The summed E-state index contributed by atoms with van der Waals surface area (Å²) in [6, 6.07) is 0. The lowest BCUT2D eigenvalue weighted by Gasteiger charge is -1.97. The predicted molar refractivity (Wildman–Crippen MR) is 91.9 cm³/mol. The van der Waals surface area contributed by atoms with E-state index in [2.05, 4.69) is 43.3 Å². The van der Waals surface area contributed by atoms with Gasteiger partial charge in [0.05, 0.1) is 10.7 Å². The molecule has 0 spiro atoms. The number of thiazole rings is 1. The fraction of sp³-hybridized carbons (Fsp3) is 0.588.